The minimum absolute atomic E-state index is 0.0240. The zero-order valence-corrected chi connectivity index (χ0v) is 17.0. The van der Waals surface area contributed by atoms with Crippen LogP contribution in [0, 0.1) is 20.2 Å². The smallest absolute Gasteiger partial charge is 0.294 e. The van der Waals surface area contributed by atoms with Gasteiger partial charge >= 0.3 is 0 Å². The zero-order chi connectivity index (χ0) is 21.8. The Bertz CT molecular complexity index is 1040. The first kappa shape index (κ1) is 21.5. The Kier molecular flexibility index (Phi) is 6.53. The maximum Gasteiger partial charge on any atom is 0.294 e. The topological polar surface area (TPSA) is 110 Å². The number of piperazine rings is 1. The number of anilines is 1. The van der Waals surface area contributed by atoms with Gasteiger partial charge in [-0.3, -0.25) is 25.0 Å². The Labute approximate surface area is 181 Å². The van der Waals surface area contributed by atoms with E-state index >= 15 is 0 Å². The van der Waals surface area contributed by atoms with Crippen molar-refractivity contribution in [2.45, 2.75) is 0 Å². The fourth-order valence-corrected chi connectivity index (χ4v) is 3.48. The molecule has 30 heavy (non-hydrogen) atoms. The van der Waals surface area contributed by atoms with Gasteiger partial charge in [0.15, 0.2) is 0 Å². The van der Waals surface area contributed by atoms with Crippen LogP contribution in [0.3, 0.4) is 0 Å². The van der Waals surface area contributed by atoms with Crippen molar-refractivity contribution in [3.63, 3.8) is 0 Å². The van der Waals surface area contributed by atoms with E-state index in [1.165, 1.54) is 30.4 Å². The van der Waals surface area contributed by atoms with Crippen LogP contribution in [0.25, 0.3) is 6.08 Å². The largest absolute Gasteiger partial charge is 0.362 e. The lowest BCUT2D eigenvalue weighted by molar-refractivity contribution is -0.384. The summed E-state index contributed by atoms with van der Waals surface area (Å²) in [6.07, 6.45) is 2.83. The molecule has 2 aromatic rings. The first-order chi connectivity index (χ1) is 14.3. The highest BCUT2D eigenvalue weighted by molar-refractivity contribution is 6.32. The Morgan fingerprint density at radius 2 is 1.60 bits per heavy atom. The summed E-state index contributed by atoms with van der Waals surface area (Å²) in [7, 11) is 0. The first-order valence-electron chi connectivity index (χ1n) is 8.86. The fourth-order valence-electron chi connectivity index (χ4n) is 3.12. The van der Waals surface area contributed by atoms with Gasteiger partial charge in [-0.05, 0) is 29.8 Å². The first-order valence-corrected chi connectivity index (χ1v) is 9.61. The second-order valence-corrected chi connectivity index (χ2v) is 7.35. The van der Waals surface area contributed by atoms with Crippen LogP contribution in [0.2, 0.25) is 10.0 Å². The number of benzene rings is 2. The van der Waals surface area contributed by atoms with Gasteiger partial charge in [-0.2, -0.15) is 0 Å². The molecule has 0 aliphatic carbocycles. The van der Waals surface area contributed by atoms with Crippen molar-refractivity contribution in [1.29, 1.82) is 0 Å². The lowest BCUT2D eigenvalue weighted by atomic mass is 10.1. The van der Waals surface area contributed by atoms with Crippen LogP contribution in [-0.4, -0.2) is 46.8 Å². The standard InChI is InChI=1S/C19H16Cl2N4O5/c20-14-3-5-16(18(12-14)25(29)30)22-7-9-23(10-8-22)19(26)6-2-13-1-4-15(21)17(11-13)24(27)28/h1-6,11-12H,7-10H2/b6-2+. The molecule has 1 aliphatic heterocycles. The number of hydrogen-bond donors (Lipinski definition) is 0. The van der Waals surface area contributed by atoms with E-state index < -0.39 is 9.85 Å². The molecule has 0 unspecified atom stereocenters. The van der Waals surface area contributed by atoms with Gasteiger partial charge in [-0.25, -0.2) is 0 Å². The summed E-state index contributed by atoms with van der Waals surface area (Å²) in [4.78, 5) is 37.1. The van der Waals surface area contributed by atoms with Gasteiger partial charge in [0, 0.05) is 49.4 Å². The number of nitrogens with zero attached hydrogens (tertiary/aromatic N) is 4. The van der Waals surface area contributed by atoms with E-state index in [4.69, 9.17) is 23.2 Å². The fraction of sp³-hybridized carbons (Fsp3) is 0.211. The minimum atomic E-state index is -0.587. The Morgan fingerprint density at radius 1 is 0.933 bits per heavy atom. The molecule has 9 nitrogen and oxygen atoms in total. The summed E-state index contributed by atoms with van der Waals surface area (Å²) in [5, 5.41) is 22.6. The van der Waals surface area contributed by atoms with Crippen molar-refractivity contribution in [3.05, 3.63) is 78.3 Å². The molecular weight excluding hydrogens is 435 g/mol. The number of nitro benzene ring substituents is 2. The van der Waals surface area contributed by atoms with Gasteiger partial charge < -0.3 is 9.80 Å². The van der Waals surface area contributed by atoms with Crippen molar-refractivity contribution < 1.29 is 14.6 Å². The summed E-state index contributed by atoms with van der Waals surface area (Å²) in [6, 6.07) is 8.78. The van der Waals surface area contributed by atoms with E-state index in [2.05, 4.69) is 0 Å². The molecule has 156 valence electrons. The molecule has 0 aromatic heterocycles. The van der Waals surface area contributed by atoms with Gasteiger partial charge in [0.2, 0.25) is 5.91 Å². The van der Waals surface area contributed by atoms with Crippen LogP contribution >= 0.6 is 23.2 Å². The Hall–Kier alpha value is -3.17. The van der Waals surface area contributed by atoms with Crippen molar-refractivity contribution in [1.82, 2.24) is 4.90 Å². The number of carbonyl (C=O) groups excluding carboxylic acids is 1. The molecule has 2 aromatic carbocycles. The molecule has 0 atom stereocenters. The molecule has 0 bridgehead atoms. The predicted octanol–water partition coefficient (Wildman–Crippen LogP) is 4.17. The van der Waals surface area contributed by atoms with E-state index in [1.54, 1.807) is 23.1 Å². The maximum absolute atomic E-state index is 12.5. The quantitative estimate of drug-likeness (QED) is 0.383. The second-order valence-electron chi connectivity index (χ2n) is 6.50. The highest BCUT2D eigenvalue weighted by Crippen LogP contribution is 2.31. The lowest BCUT2D eigenvalue weighted by Gasteiger charge is -2.35. The molecular formula is C19H16Cl2N4O5. The molecule has 3 rings (SSSR count). The number of rotatable bonds is 5. The molecule has 0 radical (unpaired) electrons. The van der Waals surface area contributed by atoms with Crippen LogP contribution in [0.15, 0.2) is 42.5 Å². The summed E-state index contributed by atoms with van der Waals surface area (Å²) in [5.74, 6) is -0.252. The van der Waals surface area contributed by atoms with Gasteiger partial charge in [0.05, 0.1) is 9.85 Å². The Morgan fingerprint density at radius 3 is 2.23 bits per heavy atom. The SMILES string of the molecule is O=C(/C=C/c1ccc(Cl)c([N+](=O)[O-])c1)N1CCN(c2ccc(Cl)cc2[N+](=O)[O-])CC1. The van der Waals surface area contributed by atoms with E-state index in [9.17, 15) is 25.0 Å². The van der Waals surface area contributed by atoms with Gasteiger partial charge in [-0.15, -0.1) is 0 Å². The van der Waals surface area contributed by atoms with Crippen LogP contribution in [-0.2, 0) is 4.79 Å². The minimum Gasteiger partial charge on any atom is -0.362 e. The normalized spacial score (nSPS) is 14.2. The van der Waals surface area contributed by atoms with E-state index in [-0.39, 0.29) is 27.3 Å². The number of halogens is 2. The monoisotopic (exact) mass is 450 g/mol. The van der Waals surface area contributed by atoms with Crippen LogP contribution in [0.5, 0.6) is 0 Å². The number of hydrogen-bond acceptors (Lipinski definition) is 6. The molecule has 11 heteroatoms. The third kappa shape index (κ3) is 4.87. The van der Waals surface area contributed by atoms with Crippen molar-refractivity contribution >= 4 is 52.2 Å². The predicted molar refractivity (Wildman–Crippen MR) is 114 cm³/mol. The van der Waals surface area contributed by atoms with E-state index in [0.717, 1.165) is 0 Å². The lowest BCUT2D eigenvalue weighted by Crippen LogP contribution is -2.48. The Balaban J connectivity index is 1.65. The number of nitro groups is 2. The van der Waals surface area contributed by atoms with Crippen LogP contribution in [0.1, 0.15) is 5.56 Å². The van der Waals surface area contributed by atoms with E-state index in [1.807, 2.05) is 4.90 Å². The summed E-state index contributed by atoms with van der Waals surface area (Å²) >= 11 is 11.6. The summed E-state index contributed by atoms with van der Waals surface area (Å²) < 4.78 is 0. The summed E-state index contributed by atoms with van der Waals surface area (Å²) in [5.41, 5.74) is 0.631. The molecule has 1 saturated heterocycles. The second kappa shape index (κ2) is 9.10. The molecule has 0 spiro atoms. The average molecular weight is 451 g/mol. The summed E-state index contributed by atoms with van der Waals surface area (Å²) in [6.45, 7) is 1.61. The molecule has 1 amide bonds. The number of carbonyl (C=O) groups is 1. The molecule has 1 fully saturated rings. The van der Waals surface area contributed by atoms with Gasteiger partial charge in [0.25, 0.3) is 11.4 Å². The molecule has 0 N–H and O–H groups in total. The van der Waals surface area contributed by atoms with Crippen molar-refractivity contribution in [3.8, 4) is 0 Å². The highest BCUT2D eigenvalue weighted by Gasteiger charge is 2.25. The maximum atomic E-state index is 12.5. The highest BCUT2D eigenvalue weighted by atomic mass is 35.5. The van der Waals surface area contributed by atoms with Gasteiger partial charge in [-0.1, -0.05) is 29.3 Å². The van der Waals surface area contributed by atoms with Crippen LogP contribution < -0.4 is 4.90 Å². The third-order valence-corrected chi connectivity index (χ3v) is 5.21. The molecule has 1 heterocycles. The molecule has 1 aliphatic rings. The van der Waals surface area contributed by atoms with Crippen molar-refractivity contribution in [2.24, 2.45) is 0 Å². The molecule has 0 saturated carbocycles. The van der Waals surface area contributed by atoms with Gasteiger partial charge in [0.1, 0.15) is 10.7 Å². The number of amides is 1. The zero-order valence-electron chi connectivity index (χ0n) is 15.5. The average Bonchev–Trinajstić information content (AvgIpc) is 2.72. The van der Waals surface area contributed by atoms with Crippen molar-refractivity contribution in [2.75, 3.05) is 31.1 Å². The van der Waals surface area contributed by atoms with Crippen LogP contribution in [0.4, 0.5) is 17.1 Å². The van der Waals surface area contributed by atoms with E-state index in [0.29, 0.717) is 37.4 Å². The third-order valence-electron chi connectivity index (χ3n) is 4.65.